The van der Waals surface area contributed by atoms with Gasteiger partial charge in [-0.15, -0.1) is 0 Å². The van der Waals surface area contributed by atoms with Gasteiger partial charge in [-0.1, -0.05) is 48.5 Å². The number of carboxylic acids is 1. The number of aryl methyl sites for hydroxylation is 1. The topological polar surface area (TPSA) is 50.2 Å². The van der Waals surface area contributed by atoms with Crippen molar-refractivity contribution in [3.05, 3.63) is 65.9 Å². The summed E-state index contributed by atoms with van der Waals surface area (Å²) in [5.74, 6) is -0.951. The van der Waals surface area contributed by atoms with Crippen molar-refractivity contribution in [2.45, 2.75) is 6.92 Å². The summed E-state index contributed by atoms with van der Waals surface area (Å²) in [6.45, 7) is 1.96. The predicted octanol–water partition coefficient (Wildman–Crippen LogP) is 3.91. The highest BCUT2D eigenvalue weighted by molar-refractivity contribution is 6.08. The van der Waals surface area contributed by atoms with Gasteiger partial charge < -0.3 is 5.11 Å². The first-order chi connectivity index (χ1) is 9.68. The molecular weight excluding hydrogens is 250 g/mol. The molecule has 1 heterocycles. The van der Waals surface area contributed by atoms with Crippen LogP contribution in [0, 0.1) is 6.92 Å². The smallest absolute Gasteiger partial charge is 0.338 e. The molecule has 0 aliphatic carbocycles. The minimum Gasteiger partial charge on any atom is -0.478 e. The molecule has 1 aromatic heterocycles. The van der Waals surface area contributed by atoms with E-state index in [2.05, 4.69) is 4.98 Å². The molecule has 3 nitrogen and oxygen atoms in total. The number of nitrogens with zero attached hydrogens (tertiary/aromatic N) is 1. The van der Waals surface area contributed by atoms with Crippen LogP contribution in [0.2, 0.25) is 0 Å². The minimum absolute atomic E-state index is 0.261. The van der Waals surface area contributed by atoms with Crippen molar-refractivity contribution in [2.24, 2.45) is 0 Å². The molecule has 0 fully saturated rings. The molecule has 0 spiro atoms. The van der Waals surface area contributed by atoms with Crippen molar-refractivity contribution in [3.8, 4) is 11.3 Å². The highest BCUT2D eigenvalue weighted by atomic mass is 16.4. The number of carboxylic acid groups (broad SMARTS) is 1. The Hall–Kier alpha value is -2.68. The van der Waals surface area contributed by atoms with Crippen LogP contribution in [0.25, 0.3) is 22.0 Å². The van der Waals surface area contributed by atoms with Crippen LogP contribution in [0.15, 0.2) is 54.7 Å². The minimum atomic E-state index is -0.951. The van der Waals surface area contributed by atoms with Gasteiger partial charge in [-0.25, -0.2) is 4.79 Å². The maximum atomic E-state index is 11.7. The Bertz CT molecular complexity index is 809. The molecule has 0 aliphatic rings. The summed E-state index contributed by atoms with van der Waals surface area (Å²) in [6.07, 6.45) is 1.73. The molecule has 1 N–H and O–H groups in total. The normalized spacial score (nSPS) is 10.7. The number of hydrogen-bond donors (Lipinski definition) is 1. The Morgan fingerprint density at radius 3 is 2.50 bits per heavy atom. The van der Waals surface area contributed by atoms with E-state index in [-0.39, 0.29) is 5.56 Å². The molecule has 0 saturated carbocycles. The van der Waals surface area contributed by atoms with Gasteiger partial charge in [0, 0.05) is 17.1 Å². The third kappa shape index (κ3) is 1.93. The molecule has 0 aliphatic heterocycles. The van der Waals surface area contributed by atoms with Crippen molar-refractivity contribution in [1.29, 1.82) is 0 Å². The molecule has 0 amide bonds. The standard InChI is InChI=1S/C17H13NO2/c1-11-6-2-4-8-13(11)16-15(17(19)20)14-9-5-3-7-12(14)10-18-16/h2-10H,1H3,(H,19,20). The third-order valence-corrected chi connectivity index (χ3v) is 3.41. The third-order valence-electron chi connectivity index (χ3n) is 3.41. The molecule has 0 bridgehead atoms. The lowest BCUT2D eigenvalue weighted by Gasteiger charge is -2.11. The summed E-state index contributed by atoms with van der Waals surface area (Å²) in [5, 5.41) is 11.1. The zero-order chi connectivity index (χ0) is 14.1. The molecule has 3 aromatic rings. The highest BCUT2D eigenvalue weighted by Gasteiger charge is 2.17. The SMILES string of the molecule is Cc1ccccc1-c1ncc2ccccc2c1C(=O)O. The molecule has 0 unspecified atom stereocenters. The molecule has 20 heavy (non-hydrogen) atoms. The molecule has 98 valence electrons. The van der Waals surface area contributed by atoms with E-state index in [0.29, 0.717) is 11.1 Å². The summed E-state index contributed by atoms with van der Waals surface area (Å²) in [7, 11) is 0. The first-order valence-corrected chi connectivity index (χ1v) is 6.35. The van der Waals surface area contributed by atoms with Gasteiger partial charge in [0.1, 0.15) is 0 Å². The number of pyridine rings is 1. The van der Waals surface area contributed by atoms with Gasteiger partial charge in [-0.05, 0) is 17.9 Å². The van der Waals surface area contributed by atoms with Crippen LogP contribution in [0.1, 0.15) is 15.9 Å². The number of benzene rings is 2. The van der Waals surface area contributed by atoms with E-state index in [9.17, 15) is 9.90 Å². The lowest BCUT2D eigenvalue weighted by atomic mass is 9.97. The number of carbonyl (C=O) groups is 1. The van der Waals surface area contributed by atoms with Gasteiger partial charge in [-0.2, -0.15) is 0 Å². The van der Waals surface area contributed by atoms with Crippen LogP contribution >= 0.6 is 0 Å². The summed E-state index contributed by atoms with van der Waals surface area (Å²) in [5.41, 5.74) is 2.65. The van der Waals surface area contributed by atoms with Gasteiger partial charge in [0.25, 0.3) is 0 Å². The van der Waals surface area contributed by atoms with Crippen molar-refractivity contribution < 1.29 is 9.90 Å². The Balaban J connectivity index is 2.40. The van der Waals surface area contributed by atoms with Crippen LogP contribution in [-0.4, -0.2) is 16.1 Å². The number of aromatic nitrogens is 1. The van der Waals surface area contributed by atoms with Crippen LogP contribution in [0.3, 0.4) is 0 Å². The molecule has 0 radical (unpaired) electrons. The van der Waals surface area contributed by atoms with E-state index in [1.807, 2.05) is 55.5 Å². The Labute approximate surface area is 116 Å². The number of hydrogen-bond acceptors (Lipinski definition) is 2. The second kappa shape index (κ2) is 4.78. The fraction of sp³-hybridized carbons (Fsp3) is 0.0588. The van der Waals surface area contributed by atoms with Gasteiger partial charge in [-0.3, -0.25) is 4.98 Å². The van der Waals surface area contributed by atoms with Gasteiger partial charge >= 0.3 is 5.97 Å². The fourth-order valence-electron chi connectivity index (χ4n) is 2.42. The summed E-state index contributed by atoms with van der Waals surface area (Å²) >= 11 is 0. The molecule has 3 rings (SSSR count). The van der Waals surface area contributed by atoms with Gasteiger partial charge in [0.2, 0.25) is 0 Å². The van der Waals surface area contributed by atoms with E-state index in [1.165, 1.54) is 0 Å². The second-order valence-electron chi connectivity index (χ2n) is 4.69. The lowest BCUT2D eigenvalue weighted by molar-refractivity contribution is 0.0699. The van der Waals surface area contributed by atoms with E-state index in [0.717, 1.165) is 16.5 Å². The molecular formula is C17H13NO2. The van der Waals surface area contributed by atoms with E-state index < -0.39 is 5.97 Å². The highest BCUT2D eigenvalue weighted by Crippen LogP contribution is 2.29. The van der Waals surface area contributed by atoms with Crippen LogP contribution in [-0.2, 0) is 0 Å². The average molecular weight is 263 g/mol. The number of fused-ring (bicyclic) bond motifs is 1. The second-order valence-corrected chi connectivity index (χ2v) is 4.69. The summed E-state index contributed by atoms with van der Waals surface area (Å²) in [6, 6.07) is 15.1. The summed E-state index contributed by atoms with van der Waals surface area (Å²) in [4.78, 5) is 16.1. The fourth-order valence-corrected chi connectivity index (χ4v) is 2.42. The van der Waals surface area contributed by atoms with Crippen molar-refractivity contribution in [3.63, 3.8) is 0 Å². The van der Waals surface area contributed by atoms with Crippen molar-refractivity contribution in [1.82, 2.24) is 4.98 Å². The van der Waals surface area contributed by atoms with Crippen LogP contribution in [0.5, 0.6) is 0 Å². The zero-order valence-electron chi connectivity index (χ0n) is 11.0. The zero-order valence-corrected chi connectivity index (χ0v) is 11.0. The predicted molar refractivity (Wildman–Crippen MR) is 78.9 cm³/mol. The van der Waals surface area contributed by atoms with E-state index in [1.54, 1.807) is 6.20 Å². The van der Waals surface area contributed by atoms with Crippen molar-refractivity contribution >= 4 is 16.7 Å². The van der Waals surface area contributed by atoms with Gasteiger partial charge in [0.05, 0.1) is 11.3 Å². The maximum absolute atomic E-state index is 11.7. The quantitative estimate of drug-likeness (QED) is 0.762. The summed E-state index contributed by atoms with van der Waals surface area (Å²) < 4.78 is 0. The Morgan fingerprint density at radius 2 is 1.75 bits per heavy atom. The monoisotopic (exact) mass is 263 g/mol. The van der Waals surface area contributed by atoms with E-state index >= 15 is 0 Å². The maximum Gasteiger partial charge on any atom is 0.338 e. The van der Waals surface area contributed by atoms with Crippen LogP contribution in [0.4, 0.5) is 0 Å². The molecule has 2 aromatic carbocycles. The van der Waals surface area contributed by atoms with E-state index in [4.69, 9.17) is 0 Å². The molecule has 0 atom stereocenters. The van der Waals surface area contributed by atoms with Gasteiger partial charge in [0.15, 0.2) is 0 Å². The average Bonchev–Trinajstić information content (AvgIpc) is 2.46. The van der Waals surface area contributed by atoms with Crippen molar-refractivity contribution in [2.75, 3.05) is 0 Å². The number of aromatic carboxylic acids is 1. The first-order valence-electron chi connectivity index (χ1n) is 6.35. The Morgan fingerprint density at radius 1 is 1.05 bits per heavy atom. The first kappa shape index (κ1) is 12.4. The van der Waals surface area contributed by atoms with Crippen LogP contribution < -0.4 is 0 Å². The molecule has 3 heteroatoms. The number of rotatable bonds is 2. The molecule has 0 saturated heterocycles. The Kier molecular flexibility index (Phi) is 2.95. The largest absolute Gasteiger partial charge is 0.478 e. The lowest BCUT2D eigenvalue weighted by Crippen LogP contribution is -2.03.